The fraction of sp³-hybridized carbons (Fsp3) is 0.808. The zero-order valence-corrected chi connectivity index (χ0v) is 18.6. The average Bonchev–Trinajstić information content (AvgIpc) is 3.33. The molecule has 0 bridgehead atoms. The minimum Gasteiger partial charge on any atom is -0.338 e. The number of hydrogen-bond acceptors (Lipinski definition) is 3. The molecule has 0 unspecified atom stereocenters. The molecule has 4 nitrogen and oxygen atoms in total. The van der Waals surface area contributed by atoms with Gasteiger partial charge in [-0.3, -0.25) is 9.59 Å². The van der Waals surface area contributed by atoms with Crippen molar-refractivity contribution in [3.05, 3.63) is 12.2 Å². The Balaban J connectivity index is 1.37. The summed E-state index contributed by atoms with van der Waals surface area (Å²) in [5, 5.41) is 12.9. The van der Waals surface area contributed by atoms with Crippen LogP contribution < -0.4 is 5.32 Å². The molecule has 162 valence electrons. The lowest BCUT2D eigenvalue weighted by Crippen LogP contribution is -2.55. The summed E-state index contributed by atoms with van der Waals surface area (Å²) in [4.78, 5) is 25.4. The largest absolute Gasteiger partial charge is 0.338 e. The number of ketones is 1. The van der Waals surface area contributed by atoms with Crippen LogP contribution in [-0.4, -0.2) is 17.2 Å². The van der Waals surface area contributed by atoms with Crippen molar-refractivity contribution in [1.29, 1.82) is 5.26 Å². The third-order valence-electron chi connectivity index (χ3n) is 10.4. The Kier molecular flexibility index (Phi) is 4.69. The van der Waals surface area contributed by atoms with Crippen LogP contribution in [0, 0.1) is 51.8 Å². The van der Waals surface area contributed by atoms with E-state index in [0.29, 0.717) is 29.5 Å². The van der Waals surface area contributed by atoms with Crippen LogP contribution in [0.25, 0.3) is 0 Å². The quantitative estimate of drug-likeness (QED) is 0.703. The summed E-state index contributed by atoms with van der Waals surface area (Å²) in [6.07, 6.45) is 15.2. The highest BCUT2D eigenvalue weighted by molar-refractivity contribution is 5.91. The molecule has 1 amide bonds. The van der Waals surface area contributed by atoms with Gasteiger partial charge in [-0.05, 0) is 105 Å². The second kappa shape index (κ2) is 6.94. The maximum atomic E-state index is 13.4. The number of nitriles is 1. The molecule has 0 spiro atoms. The molecule has 4 fully saturated rings. The van der Waals surface area contributed by atoms with Gasteiger partial charge in [-0.15, -0.1) is 0 Å². The summed E-state index contributed by atoms with van der Waals surface area (Å²) in [6, 6.07) is 2.43. The lowest BCUT2D eigenvalue weighted by Gasteiger charge is -2.58. The minimum atomic E-state index is -0.617. The maximum absolute atomic E-state index is 13.4. The molecule has 5 aliphatic carbocycles. The van der Waals surface area contributed by atoms with Crippen LogP contribution in [0.4, 0.5) is 0 Å². The molecule has 0 radical (unpaired) electrons. The SMILES string of the molecule is C[C@]12C=CC(=O)C[C@@H]1CC[C@@H]1[C@@H]2CC[C@]2(C)[C@@H](C(=O)NC3(C#N)CCCC3)CC[C@@H]12. The molecule has 0 aliphatic heterocycles. The molecule has 4 heteroatoms. The minimum absolute atomic E-state index is 0.0447. The van der Waals surface area contributed by atoms with E-state index in [-0.39, 0.29) is 22.7 Å². The number of nitrogens with one attached hydrogen (secondary N) is 1. The zero-order valence-electron chi connectivity index (χ0n) is 18.6. The Morgan fingerprint density at radius 2 is 1.83 bits per heavy atom. The monoisotopic (exact) mass is 408 g/mol. The number of carbonyl (C=O) groups is 2. The van der Waals surface area contributed by atoms with Crippen molar-refractivity contribution in [2.24, 2.45) is 40.4 Å². The number of rotatable bonds is 2. The number of nitrogens with zero attached hydrogens (tertiary/aromatic N) is 1. The first kappa shape index (κ1) is 20.3. The van der Waals surface area contributed by atoms with Gasteiger partial charge in [0.1, 0.15) is 5.54 Å². The van der Waals surface area contributed by atoms with E-state index in [1.54, 1.807) is 0 Å². The summed E-state index contributed by atoms with van der Waals surface area (Å²) < 4.78 is 0. The standard InChI is InChI=1S/C26H36N2O2/c1-24-13-9-18(29)15-17(24)5-6-19-20-7-8-22(25(20,2)14-10-21(19)24)23(30)28-26(16-27)11-3-4-12-26/h9,13,17,19-22H,3-8,10-12,14-15H2,1-2H3,(H,28,30)/t17-,19-,20-,21-,22+,24-,25-/m0/s1. The van der Waals surface area contributed by atoms with E-state index in [9.17, 15) is 14.9 Å². The third-order valence-corrected chi connectivity index (χ3v) is 10.4. The number of amides is 1. The lowest BCUT2D eigenvalue weighted by atomic mass is 9.46. The molecule has 5 rings (SSSR count). The van der Waals surface area contributed by atoms with Crippen molar-refractivity contribution in [2.75, 3.05) is 0 Å². The van der Waals surface area contributed by atoms with Crippen molar-refractivity contribution in [2.45, 2.75) is 90.0 Å². The van der Waals surface area contributed by atoms with Crippen LogP contribution in [0.2, 0.25) is 0 Å². The second-order valence-electron chi connectivity index (χ2n) is 11.6. The van der Waals surface area contributed by atoms with Crippen molar-refractivity contribution < 1.29 is 9.59 Å². The number of fused-ring (bicyclic) bond motifs is 5. The van der Waals surface area contributed by atoms with E-state index in [2.05, 4.69) is 31.3 Å². The number of carbonyl (C=O) groups excluding carboxylic acids is 2. The van der Waals surface area contributed by atoms with Crippen molar-refractivity contribution in [3.63, 3.8) is 0 Å². The van der Waals surface area contributed by atoms with Crippen LogP contribution in [0.5, 0.6) is 0 Å². The highest BCUT2D eigenvalue weighted by Gasteiger charge is 2.61. The van der Waals surface area contributed by atoms with E-state index in [4.69, 9.17) is 0 Å². The van der Waals surface area contributed by atoms with Crippen LogP contribution in [0.3, 0.4) is 0 Å². The van der Waals surface area contributed by atoms with Gasteiger partial charge >= 0.3 is 0 Å². The molecule has 0 heterocycles. The molecule has 30 heavy (non-hydrogen) atoms. The second-order valence-corrected chi connectivity index (χ2v) is 11.6. The van der Waals surface area contributed by atoms with Crippen molar-refractivity contribution in [1.82, 2.24) is 5.32 Å². The van der Waals surface area contributed by atoms with Crippen LogP contribution in [-0.2, 0) is 9.59 Å². The molecular formula is C26H36N2O2. The molecule has 0 aromatic rings. The van der Waals surface area contributed by atoms with E-state index >= 15 is 0 Å². The van der Waals surface area contributed by atoms with Crippen LogP contribution in [0.15, 0.2) is 12.2 Å². The maximum Gasteiger partial charge on any atom is 0.224 e. The summed E-state index contributed by atoms with van der Waals surface area (Å²) in [7, 11) is 0. The molecule has 0 aromatic carbocycles. The Morgan fingerprint density at radius 3 is 2.57 bits per heavy atom. The number of allylic oxidation sites excluding steroid dienone is 2. The van der Waals surface area contributed by atoms with E-state index in [0.717, 1.165) is 64.2 Å². The highest BCUT2D eigenvalue weighted by atomic mass is 16.2. The Labute approximate surface area is 180 Å². The van der Waals surface area contributed by atoms with E-state index in [1.165, 1.54) is 6.42 Å². The topological polar surface area (TPSA) is 70.0 Å². The highest BCUT2D eigenvalue weighted by Crippen LogP contribution is 2.66. The Hall–Kier alpha value is -1.63. The Bertz CT molecular complexity index is 819. The summed E-state index contributed by atoms with van der Waals surface area (Å²) in [6.45, 7) is 4.77. The first-order valence-corrected chi connectivity index (χ1v) is 12.3. The fourth-order valence-electron chi connectivity index (χ4n) is 8.63. The van der Waals surface area contributed by atoms with Crippen LogP contribution in [0.1, 0.15) is 84.5 Å². The zero-order chi connectivity index (χ0) is 21.1. The summed E-state index contributed by atoms with van der Waals surface area (Å²) in [5.41, 5.74) is -0.418. The van der Waals surface area contributed by atoms with Gasteiger partial charge in [-0.2, -0.15) is 5.26 Å². The summed E-state index contributed by atoms with van der Waals surface area (Å²) in [5.74, 6) is 2.88. The molecule has 4 saturated carbocycles. The average molecular weight is 409 g/mol. The van der Waals surface area contributed by atoms with E-state index in [1.807, 2.05) is 6.08 Å². The van der Waals surface area contributed by atoms with Gasteiger partial charge in [0.2, 0.25) is 5.91 Å². The predicted octanol–water partition coefficient (Wildman–Crippen LogP) is 4.94. The molecule has 7 atom stereocenters. The molecule has 0 aromatic heterocycles. The van der Waals surface area contributed by atoms with Crippen molar-refractivity contribution in [3.8, 4) is 6.07 Å². The van der Waals surface area contributed by atoms with E-state index < -0.39 is 5.54 Å². The van der Waals surface area contributed by atoms with Crippen LogP contribution >= 0.6 is 0 Å². The molecular weight excluding hydrogens is 372 g/mol. The summed E-state index contributed by atoms with van der Waals surface area (Å²) >= 11 is 0. The third kappa shape index (κ3) is 2.84. The Morgan fingerprint density at radius 1 is 1.07 bits per heavy atom. The van der Waals surface area contributed by atoms with Gasteiger partial charge in [-0.25, -0.2) is 0 Å². The lowest BCUT2D eigenvalue weighted by molar-refractivity contribution is -0.136. The molecule has 1 N–H and O–H groups in total. The first-order valence-electron chi connectivity index (χ1n) is 12.3. The van der Waals surface area contributed by atoms with Gasteiger partial charge in [0.25, 0.3) is 0 Å². The number of hydrogen-bond donors (Lipinski definition) is 1. The first-order chi connectivity index (χ1) is 14.3. The molecule has 0 saturated heterocycles. The van der Waals surface area contributed by atoms with Gasteiger partial charge in [0, 0.05) is 12.3 Å². The van der Waals surface area contributed by atoms with Crippen molar-refractivity contribution >= 4 is 11.7 Å². The molecule has 5 aliphatic rings. The normalized spacial score (nSPS) is 46.4. The van der Waals surface area contributed by atoms with Gasteiger partial charge < -0.3 is 5.32 Å². The van der Waals surface area contributed by atoms with Gasteiger partial charge in [-0.1, -0.05) is 19.9 Å². The fourth-order valence-corrected chi connectivity index (χ4v) is 8.63. The van der Waals surface area contributed by atoms with Gasteiger partial charge in [0.05, 0.1) is 6.07 Å². The van der Waals surface area contributed by atoms with Gasteiger partial charge in [0.15, 0.2) is 5.78 Å². The smallest absolute Gasteiger partial charge is 0.224 e. The predicted molar refractivity (Wildman–Crippen MR) is 115 cm³/mol.